The topological polar surface area (TPSA) is 110 Å². The number of aromatic nitrogens is 2. The number of hydrogen-bond acceptors (Lipinski definition) is 5. The number of anilines is 1. The van der Waals surface area contributed by atoms with Gasteiger partial charge >= 0.3 is 0 Å². The minimum absolute atomic E-state index is 0.0146. The van der Waals surface area contributed by atoms with Gasteiger partial charge in [0, 0.05) is 30.4 Å². The van der Waals surface area contributed by atoms with Gasteiger partial charge in [-0.3, -0.25) is 19.1 Å². The molecule has 0 unspecified atom stereocenters. The van der Waals surface area contributed by atoms with Crippen molar-refractivity contribution in [3.63, 3.8) is 0 Å². The first-order valence-corrected chi connectivity index (χ1v) is 7.53. The van der Waals surface area contributed by atoms with E-state index in [2.05, 4.69) is 10.3 Å². The molecule has 2 aromatic rings. The highest BCUT2D eigenvalue weighted by atomic mass is 19.1. The zero-order chi connectivity index (χ0) is 17.3. The first kappa shape index (κ1) is 16.3. The Bertz CT molecular complexity index is 813. The van der Waals surface area contributed by atoms with Gasteiger partial charge in [0.25, 0.3) is 5.56 Å². The van der Waals surface area contributed by atoms with Crippen molar-refractivity contribution in [3.05, 3.63) is 53.0 Å². The Morgan fingerprint density at radius 3 is 2.83 bits per heavy atom. The molecule has 1 aromatic carbocycles. The number of benzene rings is 1. The molecule has 1 amide bonds. The number of carbonyl (C=O) groups excluding carboxylic acids is 1. The molecule has 24 heavy (non-hydrogen) atoms. The van der Waals surface area contributed by atoms with Crippen LogP contribution in [-0.4, -0.2) is 32.7 Å². The Morgan fingerprint density at radius 2 is 2.21 bits per heavy atom. The number of hydrogen-bond donors (Lipinski definition) is 3. The van der Waals surface area contributed by atoms with Crippen LogP contribution in [0.4, 0.5) is 10.1 Å². The number of aliphatic hydroxyl groups is 1. The molecular formula is C16H17FN4O3. The average Bonchev–Trinajstić information content (AvgIpc) is 2.89. The maximum Gasteiger partial charge on any atom is 0.273 e. The normalized spacial score (nSPS) is 23.2. The monoisotopic (exact) mass is 332 g/mol. The van der Waals surface area contributed by atoms with Crippen LogP contribution >= 0.6 is 0 Å². The van der Waals surface area contributed by atoms with E-state index in [1.165, 1.54) is 29.1 Å². The standard InChI is InChI=1S/C16H17FN4O3/c17-11-7-10(21-4-3-19-8-15(21)23)1-2-13(11)20-16(24)9-5-12(18)14(22)6-9/h1-4,7-9,12,14,22H,5-6,18H2,(H,20,24)/t9-,12+,14+/m1/s1. The second-order valence-corrected chi connectivity index (χ2v) is 5.84. The molecule has 1 aromatic heterocycles. The van der Waals surface area contributed by atoms with E-state index in [1.54, 1.807) is 0 Å². The molecule has 3 atom stereocenters. The van der Waals surface area contributed by atoms with Crippen molar-refractivity contribution in [3.8, 4) is 5.69 Å². The Morgan fingerprint density at radius 1 is 1.42 bits per heavy atom. The molecule has 1 heterocycles. The summed E-state index contributed by atoms with van der Waals surface area (Å²) in [6.45, 7) is 0. The molecule has 1 aliphatic carbocycles. The minimum Gasteiger partial charge on any atom is -0.391 e. The summed E-state index contributed by atoms with van der Waals surface area (Å²) in [6, 6.07) is 3.63. The fraction of sp³-hybridized carbons (Fsp3) is 0.312. The third-order valence-corrected chi connectivity index (χ3v) is 4.16. The maximum absolute atomic E-state index is 14.2. The summed E-state index contributed by atoms with van der Waals surface area (Å²) < 4.78 is 15.5. The lowest BCUT2D eigenvalue weighted by Gasteiger charge is -2.12. The fourth-order valence-electron chi connectivity index (χ4n) is 2.81. The lowest BCUT2D eigenvalue weighted by Crippen LogP contribution is -2.28. The highest BCUT2D eigenvalue weighted by Gasteiger charge is 2.34. The van der Waals surface area contributed by atoms with E-state index >= 15 is 0 Å². The van der Waals surface area contributed by atoms with Gasteiger partial charge in [0.05, 0.1) is 23.7 Å². The van der Waals surface area contributed by atoms with Gasteiger partial charge < -0.3 is 16.2 Å². The summed E-state index contributed by atoms with van der Waals surface area (Å²) >= 11 is 0. The van der Waals surface area contributed by atoms with Crippen molar-refractivity contribution in [2.45, 2.75) is 25.0 Å². The van der Waals surface area contributed by atoms with Crippen LogP contribution in [0, 0.1) is 11.7 Å². The first-order valence-electron chi connectivity index (χ1n) is 7.53. The fourth-order valence-corrected chi connectivity index (χ4v) is 2.81. The SMILES string of the molecule is N[C@H]1C[C@@H](C(=O)Nc2ccc(-n3ccncc3=O)cc2F)C[C@@H]1O. The lowest BCUT2D eigenvalue weighted by atomic mass is 10.1. The molecule has 0 aliphatic heterocycles. The molecule has 8 heteroatoms. The number of carbonyl (C=O) groups is 1. The number of amides is 1. The van der Waals surface area contributed by atoms with Crippen LogP contribution in [-0.2, 0) is 4.79 Å². The summed E-state index contributed by atoms with van der Waals surface area (Å²) in [5.41, 5.74) is 5.64. The van der Waals surface area contributed by atoms with E-state index in [0.29, 0.717) is 12.1 Å². The summed E-state index contributed by atoms with van der Waals surface area (Å²) in [7, 11) is 0. The van der Waals surface area contributed by atoms with Crippen LogP contribution in [0.1, 0.15) is 12.8 Å². The van der Waals surface area contributed by atoms with Gasteiger partial charge in [0.15, 0.2) is 0 Å². The third kappa shape index (κ3) is 3.19. The maximum atomic E-state index is 14.2. The minimum atomic E-state index is -0.716. The number of halogens is 1. The molecule has 0 bridgehead atoms. The Hall–Kier alpha value is -2.58. The predicted molar refractivity (Wildman–Crippen MR) is 85.1 cm³/mol. The smallest absolute Gasteiger partial charge is 0.273 e. The van der Waals surface area contributed by atoms with Gasteiger partial charge in [0.2, 0.25) is 5.91 Å². The van der Waals surface area contributed by atoms with E-state index in [9.17, 15) is 19.1 Å². The van der Waals surface area contributed by atoms with Gasteiger partial charge in [-0.2, -0.15) is 0 Å². The second kappa shape index (κ2) is 6.50. The summed E-state index contributed by atoms with van der Waals surface area (Å²) in [5, 5.41) is 12.1. The molecule has 0 radical (unpaired) electrons. The van der Waals surface area contributed by atoms with E-state index in [0.717, 1.165) is 12.3 Å². The van der Waals surface area contributed by atoms with Gasteiger partial charge in [-0.15, -0.1) is 0 Å². The number of aliphatic hydroxyl groups excluding tert-OH is 1. The van der Waals surface area contributed by atoms with Crippen LogP contribution in [0.2, 0.25) is 0 Å². The van der Waals surface area contributed by atoms with Gasteiger partial charge in [-0.25, -0.2) is 4.39 Å². The van der Waals surface area contributed by atoms with E-state index in [4.69, 9.17) is 5.73 Å². The van der Waals surface area contributed by atoms with Crippen LogP contribution in [0.3, 0.4) is 0 Å². The van der Waals surface area contributed by atoms with Crippen molar-refractivity contribution in [2.24, 2.45) is 11.7 Å². The number of nitrogens with one attached hydrogen (secondary N) is 1. The third-order valence-electron chi connectivity index (χ3n) is 4.16. The first-order chi connectivity index (χ1) is 11.5. The van der Waals surface area contributed by atoms with Crippen LogP contribution in [0.5, 0.6) is 0 Å². The Balaban J connectivity index is 1.77. The van der Waals surface area contributed by atoms with E-state index in [-0.39, 0.29) is 23.6 Å². The largest absolute Gasteiger partial charge is 0.391 e. The molecule has 1 saturated carbocycles. The number of nitrogens with zero attached hydrogens (tertiary/aromatic N) is 2. The number of rotatable bonds is 3. The van der Waals surface area contributed by atoms with Crippen molar-refractivity contribution < 1.29 is 14.3 Å². The molecule has 0 saturated heterocycles. The summed E-state index contributed by atoms with van der Waals surface area (Å²) in [5.74, 6) is -1.49. The molecule has 7 nitrogen and oxygen atoms in total. The molecule has 3 rings (SSSR count). The zero-order valence-corrected chi connectivity index (χ0v) is 12.7. The van der Waals surface area contributed by atoms with Gasteiger partial charge in [0.1, 0.15) is 5.82 Å². The van der Waals surface area contributed by atoms with Crippen LogP contribution < -0.4 is 16.6 Å². The van der Waals surface area contributed by atoms with Crippen molar-refractivity contribution in [1.29, 1.82) is 0 Å². The molecule has 1 fully saturated rings. The molecular weight excluding hydrogens is 315 g/mol. The van der Waals surface area contributed by atoms with Crippen molar-refractivity contribution in [1.82, 2.24) is 9.55 Å². The van der Waals surface area contributed by atoms with Crippen LogP contribution in [0.25, 0.3) is 5.69 Å². The Kier molecular flexibility index (Phi) is 4.41. The summed E-state index contributed by atoms with van der Waals surface area (Å²) in [4.78, 5) is 27.6. The highest BCUT2D eigenvalue weighted by molar-refractivity contribution is 5.93. The summed E-state index contributed by atoms with van der Waals surface area (Å²) in [6.07, 6.45) is 3.88. The average molecular weight is 332 g/mol. The van der Waals surface area contributed by atoms with Crippen molar-refractivity contribution >= 4 is 11.6 Å². The highest BCUT2D eigenvalue weighted by Crippen LogP contribution is 2.27. The molecule has 0 spiro atoms. The quantitative estimate of drug-likeness (QED) is 0.754. The zero-order valence-electron chi connectivity index (χ0n) is 12.7. The van der Waals surface area contributed by atoms with Crippen molar-refractivity contribution in [2.75, 3.05) is 5.32 Å². The second-order valence-electron chi connectivity index (χ2n) is 5.84. The van der Waals surface area contributed by atoms with Gasteiger partial charge in [-0.05, 0) is 25.0 Å². The number of nitrogens with two attached hydrogens (primary N) is 1. The molecule has 4 N–H and O–H groups in total. The lowest BCUT2D eigenvalue weighted by molar-refractivity contribution is -0.119. The van der Waals surface area contributed by atoms with E-state index in [1.807, 2.05) is 0 Å². The van der Waals surface area contributed by atoms with E-state index < -0.39 is 23.9 Å². The predicted octanol–water partition coefficient (Wildman–Crippen LogP) is 0.408. The molecule has 126 valence electrons. The Labute approximate surface area is 136 Å². The van der Waals surface area contributed by atoms with Gasteiger partial charge in [-0.1, -0.05) is 0 Å². The molecule has 1 aliphatic rings. The van der Waals surface area contributed by atoms with Crippen LogP contribution in [0.15, 0.2) is 41.6 Å².